The zero-order chi connectivity index (χ0) is 17.5. The van der Waals surface area contributed by atoms with E-state index in [4.69, 9.17) is 5.10 Å². The van der Waals surface area contributed by atoms with Gasteiger partial charge in [-0.3, -0.25) is 4.79 Å². The molecule has 2 aromatic rings. The summed E-state index contributed by atoms with van der Waals surface area (Å²) < 4.78 is 1.96. The molecule has 3 rings (SSSR count). The smallest absolute Gasteiger partial charge is 0.218 e. The van der Waals surface area contributed by atoms with Gasteiger partial charge in [-0.15, -0.1) is 0 Å². The Labute approximate surface area is 145 Å². The van der Waals surface area contributed by atoms with Gasteiger partial charge in [0.15, 0.2) is 0 Å². The highest BCUT2D eigenvalue weighted by Crippen LogP contribution is 2.35. The highest BCUT2D eigenvalue weighted by molar-refractivity contribution is 8.35. The van der Waals surface area contributed by atoms with Crippen molar-refractivity contribution in [2.45, 2.75) is 38.6 Å². The molecule has 4 nitrogen and oxygen atoms in total. The second-order valence-corrected chi connectivity index (χ2v) is 11.3. The van der Waals surface area contributed by atoms with Crippen LogP contribution >= 0.6 is 10.0 Å². The molecule has 2 aromatic heterocycles. The van der Waals surface area contributed by atoms with Crippen molar-refractivity contribution in [2.24, 2.45) is 0 Å². The third-order valence-corrected chi connectivity index (χ3v) is 4.96. The van der Waals surface area contributed by atoms with Crippen molar-refractivity contribution >= 4 is 21.5 Å². The topological polar surface area (TPSA) is 46.4 Å². The molecule has 0 fully saturated rings. The van der Waals surface area contributed by atoms with Crippen LogP contribution in [0.1, 0.15) is 30.2 Å². The minimum absolute atomic E-state index is 0.0241. The molecule has 0 saturated carbocycles. The molecule has 5 heteroatoms. The summed E-state index contributed by atoms with van der Waals surface area (Å²) in [7, 11) is -0.943. The molecule has 0 bridgehead atoms. The van der Waals surface area contributed by atoms with Crippen molar-refractivity contribution in [3.05, 3.63) is 35.2 Å². The molecule has 1 aliphatic rings. The van der Waals surface area contributed by atoms with Crippen molar-refractivity contribution in [3.8, 4) is 11.2 Å². The predicted molar refractivity (Wildman–Crippen MR) is 102 cm³/mol. The van der Waals surface area contributed by atoms with Crippen LogP contribution in [0.25, 0.3) is 5.52 Å². The minimum Gasteiger partial charge on any atom is -0.340 e. The first-order valence-corrected chi connectivity index (χ1v) is 11.0. The Bertz CT molecular complexity index is 866. The average molecular weight is 343 g/mol. The lowest BCUT2D eigenvalue weighted by Crippen LogP contribution is -2.50. The Morgan fingerprint density at radius 3 is 2.79 bits per heavy atom. The van der Waals surface area contributed by atoms with E-state index in [0.29, 0.717) is 0 Å². The molecule has 2 heterocycles. The number of pyridine rings is 1. The zero-order valence-corrected chi connectivity index (χ0v) is 15.9. The number of fused-ring (bicyclic) bond motifs is 3. The Morgan fingerprint density at radius 1 is 1.38 bits per heavy atom. The number of hydrogen-bond acceptors (Lipinski definition) is 2. The molecule has 1 amide bonds. The molecule has 0 spiro atoms. The van der Waals surface area contributed by atoms with Crippen LogP contribution in [0.5, 0.6) is 0 Å². The van der Waals surface area contributed by atoms with Crippen LogP contribution in [-0.4, -0.2) is 39.8 Å². The van der Waals surface area contributed by atoms with E-state index in [9.17, 15) is 4.79 Å². The first-order chi connectivity index (χ1) is 11.2. The Kier molecular flexibility index (Phi) is 4.13. The Hall–Kier alpha value is -1.93. The second-order valence-electron chi connectivity index (χ2n) is 7.47. The number of aromatic nitrogens is 2. The van der Waals surface area contributed by atoms with Gasteiger partial charge in [-0.25, -0.2) is 4.52 Å². The molecular formula is C19H25N3OS. The summed E-state index contributed by atoms with van der Waals surface area (Å²) in [5, 5.41) is 11.3. The van der Waals surface area contributed by atoms with Crippen LogP contribution in [0.15, 0.2) is 18.3 Å². The number of nitrogens with zero attached hydrogens (tertiary/aromatic N) is 2. The monoisotopic (exact) mass is 343 g/mol. The van der Waals surface area contributed by atoms with Crippen molar-refractivity contribution < 1.29 is 4.79 Å². The summed E-state index contributed by atoms with van der Waals surface area (Å²) in [6, 6.07) is 4.23. The fourth-order valence-electron chi connectivity index (χ4n) is 3.20. The van der Waals surface area contributed by atoms with Gasteiger partial charge in [0.2, 0.25) is 5.91 Å². The van der Waals surface area contributed by atoms with Gasteiger partial charge in [0.25, 0.3) is 0 Å². The summed E-state index contributed by atoms with van der Waals surface area (Å²) in [6.07, 6.45) is 10.9. The Balaban J connectivity index is 2.06. The van der Waals surface area contributed by atoms with Gasteiger partial charge in [-0.05, 0) is 50.2 Å². The number of rotatable bonds is 1. The number of amides is 1. The first-order valence-electron chi connectivity index (χ1n) is 8.15. The first kappa shape index (κ1) is 16.9. The van der Waals surface area contributed by atoms with Gasteiger partial charge >= 0.3 is 0 Å². The van der Waals surface area contributed by atoms with Crippen LogP contribution in [0.4, 0.5) is 0 Å². The molecule has 1 unspecified atom stereocenters. The number of hydrogen-bond donors (Lipinski definition) is 1. The quantitative estimate of drug-likeness (QED) is 0.809. The number of nitrogens with one attached hydrogen (secondary N) is 1. The fourth-order valence-corrected chi connectivity index (χ4v) is 3.70. The van der Waals surface area contributed by atoms with E-state index in [0.717, 1.165) is 30.5 Å². The maximum absolute atomic E-state index is 11.8. The number of carbonyl (C=O) groups excluding carboxylic acids is 1. The highest BCUT2D eigenvalue weighted by atomic mass is 32.3. The third kappa shape index (κ3) is 3.44. The normalized spacial score (nSPS) is 20.9. The van der Waals surface area contributed by atoms with Crippen LogP contribution in [0.3, 0.4) is 0 Å². The molecule has 24 heavy (non-hydrogen) atoms. The van der Waals surface area contributed by atoms with E-state index >= 15 is 0 Å². The van der Waals surface area contributed by atoms with Crippen molar-refractivity contribution in [1.82, 2.24) is 14.9 Å². The SMILES string of the molecule is CC(=O)NC1(C#CS(C)(C)C)CCc2nn3cc(C)ccc3c2C1. The maximum Gasteiger partial charge on any atom is 0.218 e. The lowest BCUT2D eigenvalue weighted by Gasteiger charge is -2.33. The molecular weight excluding hydrogens is 318 g/mol. The number of carbonyl (C=O) groups is 1. The van der Waals surface area contributed by atoms with Gasteiger partial charge in [0.1, 0.15) is 5.54 Å². The average Bonchev–Trinajstić information content (AvgIpc) is 2.80. The van der Waals surface area contributed by atoms with E-state index in [1.165, 1.54) is 11.1 Å². The van der Waals surface area contributed by atoms with Crippen LogP contribution < -0.4 is 5.32 Å². The summed E-state index contributed by atoms with van der Waals surface area (Å²) >= 11 is 0. The van der Waals surface area contributed by atoms with Crippen LogP contribution in [0, 0.1) is 18.1 Å². The van der Waals surface area contributed by atoms with E-state index in [2.05, 4.69) is 60.5 Å². The number of aryl methyl sites for hydroxylation is 2. The largest absolute Gasteiger partial charge is 0.340 e. The lowest BCUT2D eigenvalue weighted by molar-refractivity contribution is -0.120. The summed E-state index contributed by atoms with van der Waals surface area (Å²) in [4.78, 5) is 11.8. The standard InChI is InChI=1S/C19H25N3OS/c1-14-6-7-18-16-12-19(20-15(2)23,10-11-24(3,4)5)9-8-17(16)21-22(18)13-14/h6-7,13H,8-9,12H2,1-5H3,(H,20,23). The zero-order valence-electron chi connectivity index (χ0n) is 15.1. The molecule has 1 N–H and O–H groups in total. The van der Waals surface area contributed by atoms with E-state index in [1.807, 2.05) is 4.52 Å². The summed E-state index contributed by atoms with van der Waals surface area (Å²) in [6.45, 7) is 3.64. The predicted octanol–water partition coefficient (Wildman–Crippen LogP) is 2.66. The van der Waals surface area contributed by atoms with Gasteiger partial charge < -0.3 is 5.32 Å². The molecule has 0 aliphatic heterocycles. The van der Waals surface area contributed by atoms with E-state index in [-0.39, 0.29) is 5.91 Å². The third-order valence-electron chi connectivity index (χ3n) is 4.24. The molecule has 1 aliphatic carbocycles. The second kappa shape index (κ2) is 5.86. The fraction of sp³-hybridized carbons (Fsp3) is 0.474. The van der Waals surface area contributed by atoms with Crippen LogP contribution in [0.2, 0.25) is 0 Å². The van der Waals surface area contributed by atoms with Crippen molar-refractivity contribution in [3.63, 3.8) is 0 Å². The van der Waals surface area contributed by atoms with Gasteiger partial charge in [-0.2, -0.15) is 15.1 Å². The molecule has 0 saturated heterocycles. The van der Waals surface area contributed by atoms with Crippen molar-refractivity contribution in [2.75, 3.05) is 18.8 Å². The minimum atomic E-state index is -0.943. The van der Waals surface area contributed by atoms with E-state index < -0.39 is 15.6 Å². The van der Waals surface area contributed by atoms with Crippen molar-refractivity contribution in [1.29, 1.82) is 0 Å². The highest BCUT2D eigenvalue weighted by Gasteiger charge is 2.36. The Morgan fingerprint density at radius 2 is 2.12 bits per heavy atom. The summed E-state index contributed by atoms with van der Waals surface area (Å²) in [5.74, 6) is 3.41. The van der Waals surface area contributed by atoms with Gasteiger partial charge in [0.05, 0.1) is 11.2 Å². The van der Waals surface area contributed by atoms with Gasteiger partial charge in [0, 0.05) is 25.1 Å². The summed E-state index contributed by atoms with van der Waals surface area (Å²) in [5.41, 5.74) is 4.18. The van der Waals surface area contributed by atoms with Crippen LogP contribution in [-0.2, 0) is 17.6 Å². The molecule has 1 atom stereocenters. The maximum atomic E-state index is 11.8. The lowest BCUT2D eigenvalue weighted by atomic mass is 9.80. The van der Waals surface area contributed by atoms with Gasteiger partial charge in [-0.1, -0.05) is 17.2 Å². The molecule has 0 radical (unpaired) electrons. The molecule has 128 valence electrons. The van der Waals surface area contributed by atoms with E-state index in [1.54, 1.807) is 6.92 Å². The molecule has 0 aromatic carbocycles.